The number of fused-ring (bicyclic) bond motifs is 1. The maximum absolute atomic E-state index is 11.6. The highest BCUT2D eigenvalue weighted by Gasteiger charge is 2.23. The summed E-state index contributed by atoms with van der Waals surface area (Å²) in [6.07, 6.45) is 5.11. The molecule has 0 aliphatic carbocycles. The van der Waals surface area contributed by atoms with Gasteiger partial charge in [-0.05, 0) is 36.2 Å². The zero-order valence-electron chi connectivity index (χ0n) is 16.0. The normalized spacial score (nSPS) is 16.5. The number of rotatable bonds is 7. The molecule has 144 valence electrons. The smallest absolute Gasteiger partial charge is 0.220 e. The molecule has 0 bridgehead atoms. The van der Waals surface area contributed by atoms with Gasteiger partial charge in [0.05, 0.1) is 12.8 Å². The molecule has 1 saturated heterocycles. The van der Waals surface area contributed by atoms with Crippen LogP contribution in [0.1, 0.15) is 24.1 Å². The zero-order chi connectivity index (χ0) is 19.3. The van der Waals surface area contributed by atoms with Gasteiger partial charge >= 0.3 is 0 Å². The molecular formula is C22H24N4O2. The second-order valence-corrected chi connectivity index (χ2v) is 7.16. The number of methoxy groups -OCH3 is 1. The molecule has 1 atom stereocenters. The average molecular weight is 376 g/mol. The number of carbonyl (C=O) groups is 1. The van der Waals surface area contributed by atoms with Crippen LogP contribution in [0, 0.1) is 0 Å². The van der Waals surface area contributed by atoms with Crippen LogP contribution in [0.2, 0.25) is 0 Å². The number of pyridine rings is 2. The second kappa shape index (κ2) is 8.35. The first-order valence-corrected chi connectivity index (χ1v) is 9.54. The Morgan fingerprint density at radius 3 is 2.75 bits per heavy atom. The van der Waals surface area contributed by atoms with E-state index in [1.165, 1.54) is 5.56 Å². The molecule has 28 heavy (non-hydrogen) atoms. The van der Waals surface area contributed by atoms with E-state index in [1.807, 2.05) is 42.7 Å². The Balaban J connectivity index is 1.57. The topological polar surface area (TPSA) is 67.3 Å². The van der Waals surface area contributed by atoms with E-state index < -0.39 is 0 Å². The van der Waals surface area contributed by atoms with Crippen molar-refractivity contribution in [2.75, 3.05) is 13.7 Å². The van der Waals surface area contributed by atoms with Crippen LogP contribution < -0.4 is 10.1 Å². The molecule has 1 amide bonds. The van der Waals surface area contributed by atoms with Gasteiger partial charge in [0.1, 0.15) is 11.3 Å². The molecule has 6 heteroatoms. The van der Waals surface area contributed by atoms with Crippen LogP contribution in [-0.4, -0.2) is 40.5 Å². The molecule has 6 nitrogen and oxygen atoms in total. The van der Waals surface area contributed by atoms with Crippen molar-refractivity contribution in [3.8, 4) is 5.75 Å². The minimum Gasteiger partial charge on any atom is -0.494 e. The number of carbonyl (C=O) groups excluding carboxylic acids is 1. The standard InChI is InChI=1S/C22H24N4O2/c1-28-20-4-2-3-17-5-6-19(25-22(17)20)15-26(13-16-9-11-23-12-10-16)14-18-7-8-21(27)24-18/h2-6,9-12,18H,7-8,13-15H2,1H3,(H,24,27)/t18-/m0/s1. The highest BCUT2D eigenvalue weighted by atomic mass is 16.5. The summed E-state index contributed by atoms with van der Waals surface area (Å²) in [5.41, 5.74) is 3.05. The number of aromatic nitrogens is 2. The summed E-state index contributed by atoms with van der Waals surface area (Å²) in [5, 5.41) is 4.13. The Bertz CT molecular complexity index is 961. The summed E-state index contributed by atoms with van der Waals surface area (Å²) in [6.45, 7) is 2.27. The van der Waals surface area contributed by atoms with Crippen LogP contribution in [0.5, 0.6) is 5.75 Å². The SMILES string of the molecule is COc1cccc2ccc(CN(Cc3ccncc3)C[C@@H]3CCC(=O)N3)nc12. The quantitative estimate of drug-likeness (QED) is 0.687. The number of ether oxygens (including phenoxy) is 1. The van der Waals surface area contributed by atoms with Gasteiger partial charge < -0.3 is 10.1 Å². The van der Waals surface area contributed by atoms with Crippen molar-refractivity contribution < 1.29 is 9.53 Å². The number of benzene rings is 1. The third-order valence-corrected chi connectivity index (χ3v) is 5.07. The maximum atomic E-state index is 11.6. The van der Waals surface area contributed by atoms with Gasteiger partial charge in [-0.25, -0.2) is 4.98 Å². The number of nitrogens with one attached hydrogen (secondary N) is 1. The van der Waals surface area contributed by atoms with Crippen molar-refractivity contribution in [1.82, 2.24) is 20.2 Å². The Kier molecular flexibility index (Phi) is 5.48. The lowest BCUT2D eigenvalue weighted by Gasteiger charge is -2.25. The highest BCUT2D eigenvalue weighted by molar-refractivity contribution is 5.84. The lowest BCUT2D eigenvalue weighted by atomic mass is 10.1. The van der Waals surface area contributed by atoms with Crippen molar-refractivity contribution in [2.45, 2.75) is 32.0 Å². The lowest BCUT2D eigenvalue weighted by Crippen LogP contribution is -2.38. The maximum Gasteiger partial charge on any atom is 0.220 e. The predicted octanol–water partition coefficient (Wildman–Crippen LogP) is 2.92. The first-order valence-electron chi connectivity index (χ1n) is 9.54. The summed E-state index contributed by atoms with van der Waals surface area (Å²) in [4.78, 5) is 22.9. The molecule has 0 radical (unpaired) electrons. The van der Waals surface area contributed by atoms with Gasteiger partial charge in [-0.15, -0.1) is 0 Å². The number of nitrogens with zero attached hydrogens (tertiary/aromatic N) is 3. The number of hydrogen-bond acceptors (Lipinski definition) is 5. The highest BCUT2D eigenvalue weighted by Crippen LogP contribution is 2.24. The van der Waals surface area contributed by atoms with Gasteiger partial charge in [0, 0.05) is 49.9 Å². The van der Waals surface area contributed by atoms with E-state index in [1.54, 1.807) is 7.11 Å². The van der Waals surface area contributed by atoms with E-state index in [0.717, 1.165) is 41.9 Å². The summed E-state index contributed by atoms with van der Waals surface area (Å²) in [5.74, 6) is 0.922. The molecule has 1 aromatic carbocycles. The monoisotopic (exact) mass is 376 g/mol. The van der Waals surface area contributed by atoms with Crippen LogP contribution >= 0.6 is 0 Å². The summed E-state index contributed by atoms with van der Waals surface area (Å²) < 4.78 is 5.47. The second-order valence-electron chi connectivity index (χ2n) is 7.16. The summed E-state index contributed by atoms with van der Waals surface area (Å²) in [6, 6.07) is 14.3. The molecule has 1 fully saturated rings. The van der Waals surface area contributed by atoms with E-state index in [2.05, 4.69) is 27.3 Å². The molecular weight excluding hydrogens is 352 g/mol. The van der Waals surface area contributed by atoms with E-state index in [-0.39, 0.29) is 11.9 Å². The fourth-order valence-electron chi connectivity index (χ4n) is 3.70. The predicted molar refractivity (Wildman–Crippen MR) is 108 cm³/mol. The van der Waals surface area contributed by atoms with Crippen molar-refractivity contribution in [2.24, 2.45) is 0 Å². The van der Waals surface area contributed by atoms with E-state index >= 15 is 0 Å². The first-order chi connectivity index (χ1) is 13.7. The number of amides is 1. The zero-order valence-corrected chi connectivity index (χ0v) is 16.0. The van der Waals surface area contributed by atoms with Crippen LogP contribution in [0.25, 0.3) is 10.9 Å². The molecule has 1 aliphatic heterocycles. The van der Waals surface area contributed by atoms with Gasteiger partial charge in [0.15, 0.2) is 0 Å². The molecule has 1 aliphatic rings. The summed E-state index contributed by atoms with van der Waals surface area (Å²) in [7, 11) is 1.67. The van der Waals surface area contributed by atoms with Crippen molar-refractivity contribution in [1.29, 1.82) is 0 Å². The fourth-order valence-corrected chi connectivity index (χ4v) is 3.70. The summed E-state index contributed by atoms with van der Waals surface area (Å²) >= 11 is 0. The van der Waals surface area contributed by atoms with Crippen molar-refractivity contribution in [3.63, 3.8) is 0 Å². The van der Waals surface area contributed by atoms with E-state index in [4.69, 9.17) is 9.72 Å². The van der Waals surface area contributed by atoms with Gasteiger partial charge in [-0.3, -0.25) is 14.7 Å². The fraction of sp³-hybridized carbons (Fsp3) is 0.318. The number of hydrogen-bond donors (Lipinski definition) is 1. The molecule has 2 aromatic heterocycles. The van der Waals surface area contributed by atoms with Crippen LogP contribution in [0.4, 0.5) is 0 Å². The molecule has 4 rings (SSSR count). The van der Waals surface area contributed by atoms with Gasteiger partial charge in [-0.1, -0.05) is 18.2 Å². The largest absolute Gasteiger partial charge is 0.494 e. The molecule has 0 spiro atoms. The third-order valence-electron chi connectivity index (χ3n) is 5.07. The molecule has 3 aromatic rings. The van der Waals surface area contributed by atoms with Crippen molar-refractivity contribution >= 4 is 16.8 Å². The Labute approximate surface area is 164 Å². The Hall–Kier alpha value is -2.99. The molecule has 0 saturated carbocycles. The van der Waals surface area contributed by atoms with Gasteiger partial charge in [0.25, 0.3) is 0 Å². The molecule has 1 N–H and O–H groups in total. The van der Waals surface area contributed by atoms with Gasteiger partial charge in [0.2, 0.25) is 5.91 Å². The Morgan fingerprint density at radius 2 is 2.00 bits per heavy atom. The third kappa shape index (κ3) is 4.28. The van der Waals surface area contributed by atoms with Crippen LogP contribution in [0.15, 0.2) is 54.9 Å². The van der Waals surface area contributed by atoms with Crippen LogP contribution in [0.3, 0.4) is 0 Å². The van der Waals surface area contributed by atoms with E-state index in [0.29, 0.717) is 13.0 Å². The minimum atomic E-state index is 0.141. The van der Waals surface area contributed by atoms with Gasteiger partial charge in [-0.2, -0.15) is 0 Å². The molecule has 3 heterocycles. The Morgan fingerprint density at radius 1 is 1.14 bits per heavy atom. The van der Waals surface area contributed by atoms with E-state index in [9.17, 15) is 4.79 Å². The van der Waals surface area contributed by atoms with Crippen molar-refractivity contribution in [3.05, 3.63) is 66.1 Å². The average Bonchev–Trinajstić information content (AvgIpc) is 3.12. The minimum absolute atomic E-state index is 0.141. The lowest BCUT2D eigenvalue weighted by molar-refractivity contribution is -0.119. The number of para-hydroxylation sites is 1. The molecule has 0 unspecified atom stereocenters. The first kappa shape index (κ1) is 18.4. The van der Waals surface area contributed by atoms with Crippen LogP contribution in [-0.2, 0) is 17.9 Å².